The largest absolute Gasteiger partial charge is 0.326 e. The lowest BCUT2D eigenvalue weighted by Crippen LogP contribution is -2.39. The monoisotopic (exact) mass is 279 g/mol. The van der Waals surface area contributed by atoms with Gasteiger partial charge in [0.2, 0.25) is 0 Å². The highest BCUT2D eigenvalue weighted by Crippen LogP contribution is 2.21. The second kappa shape index (κ2) is 5.33. The first-order chi connectivity index (χ1) is 7.73. The molecule has 3 nitrogen and oxygen atoms in total. The van der Waals surface area contributed by atoms with Crippen LogP contribution < -0.4 is 5.73 Å². The molecule has 0 saturated heterocycles. The van der Waals surface area contributed by atoms with E-state index in [4.69, 9.17) is 17.3 Å². The molecule has 2 N–H and O–H groups in total. The first-order valence-corrected chi connectivity index (χ1v) is 7.44. The Kier molecular flexibility index (Phi) is 4.52. The Bertz CT molecular complexity index is 504. The van der Waals surface area contributed by atoms with E-state index in [0.717, 1.165) is 6.26 Å². The molecule has 0 heterocycles. The Morgan fingerprint density at radius 3 is 2.59 bits per heavy atom. The van der Waals surface area contributed by atoms with E-state index < -0.39 is 26.9 Å². The minimum Gasteiger partial charge on any atom is -0.326 e. The SMILES string of the molecule is CC(C(N)Cc1cccc(F)c1Cl)S(C)(=O)=O. The summed E-state index contributed by atoms with van der Waals surface area (Å²) in [4.78, 5) is 0. The number of benzene rings is 1. The molecule has 96 valence electrons. The van der Waals surface area contributed by atoms with Gasteiger partial charge in [-0.2, -0.15) is 0 Å². The fraction of sp³-hybridized carbons (Fsp3) is 0.455. The van der Waals surface area contributed by atoms with Gasteiger partial charge in [0.05, 0.1) is 10.3 Å². The summed E-state index contributed by atoms with van der Waals surface area (Å²) in [7, 11) is -3.21. The first kappa shape index (κ1) is 14.4. The molecule has 0 aliphatic heterocycles. The van der Waals surface area contributed by atoms with Crippen LogP contribution >= 0.6 is 11.6 Å². The molecule has 1 aromatic carbocycles. The highest BCUT2D eigenvalue weighted by atomic mass is 35.5. The highest BCUT2D eigenvalue weighted by molar-refractivity contribution is 7.91. The van der Waals surface area contributed by atoms with Crippen LogP contribution in [0.3, 0.4) is 0 Å². The topological polar surface area (TPSA) is 60.2 Å². The lowest BCUT2D eigenvalue weighted by molar-refractivity contribution is 0.561. The van der Waals surface area contributed by atoms with Gasteiger partial charge in [0.15, 0.2) is 9.84 Å². The quantitative estimate of drug-likeness (QED) is 0.914. The van der Waals surface area contributed by atoms with Crippen molar-refractivity contribution >= 4 is 21.4 Å². The second-order valence-electron chi connectivity index (χ2n) is 4.12. The van der Waals surface area contributed by atoms with Crippen LogP contribution in [0.2, 0.25) is 5.02 Å². The van der Waals surface area contributed by atoms with Gasteiger partial charge in [0.1, 0.15) is 5.82 Å². The summed E-state index contributed by atoms with van der Waals surface area (Å²) in [5.74, 6) is -0.525. The molecule has 0 bridgehead atoms. The van der Waals surface area contributed by atoms with Crippen LogP contribution in [0, 0.1) is 5.82 Å². The second-order valence-corrected chi connectivity index (χ2v) is 6.90. The minimum atomic E-state index is -3.21. The number of hydrogen-bond acceptors (Lipinski definition) is 3. The van der Waals surface area contributed by atoms with Crippen LogP contribution in [0.5, 0.6) is 0 Å². The zero-order valence-electron chi connectivity index (χ0n) is 9.65. The lowest BCUT2D eigenvalue weighted by Gasteiger charge is -2.18. The third-order valence-corrected chi connectivity index (χ3v) is 4.89. The highest BCUT2D eigenvalue weighted by Gasteiger charge is 2.23. The van der Waals surface area contributed by atoms with E-state index in [1.165, 1.54) is 19.1 Å². The number of sulfone groups is 1. The van der Waals surface area contributed by atoms with E-state index >= 15 is 0 Å². The van der Waals surface area contributed by atoms with Crippen molar-refractivity contribution in [1.29, 1.82) is 0 Å². The van der Waals surface area contributed by atoms with E-state index in [0.29, 0.717) is 5.56 Å². The molecule has 0 aromatic heterocycles. The van der Waals surface area contributed by atoms with E-state index in [2.05, 4.69) is 0 Å². The zero-order chi connectivity index (χ0) is 13.2. The van der Waals surface area contributed by atoms with Crippen LogP contribution in [0.1, 0.15) is 12.5 Å². The maximum Gasteiger partial charge on any atom is 0.151 e. The summed E-state index contributed by atoms with van der Waals surface area (Å²) >= 11 is 5.78. The van der Waals surface area contributed by atoms with Gasteiger partial charge in [-0.1, -0.05) is 23.7 Å². The molecule has 0 aliphatic carbocycles. The van der Waals surface area contributed by atoms with Crippen molar-refractivity contribution in [2.24, 2.45) is 5.73 Å². The fourth-order valence-corrected chi connectivity index (χ4v) is 2.38. The van der Waals surface area contributed by atoms with Crippen LogP contribution in [0.25, 0.3) is 0 Å². The van der Waals surface area contributed by atoms with E-state index in [1.807, 2.05) is 0 Å². The third-order valence-electron chi connectivity index (χ3n) is 2.77. The summed E-state index contributed by atoms with van der Waals surface area (Å²) in [6.07, 6.45) is 1.36. The maximum atomic E-state index is 13.2. The summed E-state index contributed by atoms with van der Waals surface area (Å²) in [5, 5.41) is -0.689. The van der Waals surface area contributed by atoms with Crippen molar-refractivity contribution in [2.45, 2.75) is 24.6 Å². The molecule has 0 amide bonds. The van der Waals surface area contributed by atoms with Gasteiger partial charge in [-0.25, -0.2) is 12.8 Å². The molecular formula is C11H15ClFNO2S. The number of nitrogens with two attached hydrogens (primary N) is 1. The third kappa shape index (κ3) is 3.66. The number of hydrogen-bond donors (Lipinski definition) is 1. The Morgan fingerprint density at radius 2 is 2.06 bits per heavy atom. The Morgan fingerprint density at radius 1 is 1.47 bits per heavy atom. The summed E-state index contributed by atoms with van der Waals surface area (Å²) in [5.41, 5.74) is 6.32. The van der Waals surface area contributed by atoms with Gasteiger partial charge >= 0.3 is 0 Å². The minimum absolute atomic E-state index is 0.00338. The van der Waals surface area contributed by atoms with Crippen LogP contribution in [-0.2, 0) is 16.3 Å². The van der Waals surface area contributed by atoms with Crippen molar-refractivity contribution in [3.8, 4) is 0 Å². The van der Waals surface area contributed by atoms with Crippen molar-refractivity contribution in [3.63, 3.8) is 0 Å². The van der Waals surface area contributed by atoms with Gasteiger partial charge in [0.25, 0.3) is 0 Å². The summed E-state index contributed by atoms with van der Waals surface area (Å²) in [6.45, 7) is 1.53. The molecule has 0 radical (unpaired) electrons. The van der Waals surface area contributed by atoms with Crippen molar-refractivity contribution < 1.29 is 12.8 Å². The average Bonchev–Trinajstić information content (AvgIpc) is 2.22. The smallest absolute Gasteiger partial charge is 0.151 e. The van der Waals surface area contributed by atoms with E-state index in [9.17, 15) is 12.8 Å². The molecule has 2 unspecified atom stereocenters. The summed E-state index contributed by atoms with van der Waals surface area (Å²) < 4.78 is 35.8. The van der Waals surface area contributed by atoms with Crippen molar-refractivity contribution in [1.82, 2.24) is 0 Å². The fourth-order valence-electron chi connectivity index (χ4n) is 1.44. The molecule has 0 saturated carbocycles. The Labute approximate surface area is 106 Å². The first-order valence-electron chi connectivity index (χ1n) is 5.11. The van der Waals surface area contributed by atoms with Gasteiger partial charge in [-0.15, -0.1) is 0 Å². The van der Waals surface area contributed by atoms with Crippen LogP contribution in [0.15, 0.2) is 18.2 Å². The van der Waals surface area contributed by atoms with Gasteiger partial charge in [0, 0.05) is 12.3 Å². The number of halogens is 2. The predicted molar refractivity (Wildman–Crippen MR) is 67.4 cm³/mol. The normalized spacial score (nSPS) is 15.6. The predicted octanol–water partition coefficient (Wildman–Crippen LogP) is 1.78. The van der Waals surface area contributed by atoms with E-state index in [-0.39, 0.29) is 11.4 Å². The Balaban J connectivity index is 2.89. The molecule has 0 fully saturated rings. The molecular weight excluding hydrogens is 265 g/mol. The zero-order valence-corrected chi connectivity index (χ0v) is 11.2. The van der Waals surface area contributed by atoms with Gasteiger partial charge < -0.3 is 5.73 Å². The molecule has 0 spiro atoms. The van der Waals surface area contributed by atoms with Gasteiger partial charge in [-0.3, -0.25) is 0 Å². The van der Waals surface area contributed by atoms with Crippen LogP contribution in [0.4, 0.5) is 4.39 Å². The molecule has 0 aliphatic rings. The molecule has 6 heteroatoms. The molecule has 1 rings (SSSR count). The van der Waals surface area contributed by atoms with E-state index in [1.54, 1.807) is 6.07 Å². The maximum absolute atomic E-state index is 13.2. The molecule has 2 atom stereocenters. The summed E-state index contributed by atoms with van der Waals surface area (Å²) in [6, 6.07) is 3.80. The van der Waals surface area contributed by atoms with Crippen molar-refractivity contribution in [3.05, 3.63) is 34.6 Å². The average molecular weight is 280 g/mol. The molecule has 17 heavy (non-hydrogen) atoms. The Hall–Kier alpha value is -0.650. The molecule has 1 aromatic rings. The standard InChI is InChI=1S/C11H15ClFNO2S/c1-7(17(2,15)16)10(14)6-8-4-3-5-9(13)11(8)12/h3-5,7,10H,6,14H2,1-2H3. The number of rotatable bonds is 4. The van der Waals surface area contributed by atoms with Crippen molar-refractivity contribution in [2.75, 3.05) is 6.26 Å². The lowest BCUT2D eigenvalue weighted by atomic mass is 10.0. The van der Waals surface area contributed by atoms with Crippen LogP contribution in [-0.4, -0.2) is 26.0 Å². The van der Waals surface area contributed by atoms with Gasteiger partial charge in [-0.05, 0) is 25.0 Å².